The molecule has 1 heterocycles. The van der Waals surface area contributed by atoms with Crippen molar-refractivity contribution in [1.82, 2.24) is 0 Å². The van der Waals surface area contributed by atoms with Crippen molar-refractivity contribution < 1.29 is 19.1 Å². The summed E-state index contributed by atoms with van der Waals surface area (Å²) in [7, 11) is 0. The van der Waals surface area contributed by atoms with Crippen LogP contribution in [0.15, 0.2) is 34.8 Å². The van der Waals surface area contributed by atoms with Crippen LogP contribution in [0.3, 0.4) is 0 Å². The van der Waals surface area contributed by atoms with E-state index in [9.17, 15) is 10.1 Å². The maximum absolute atomic E-state index is 10.7. The predicted molar refractivity (Wildman–Crippen MR) is 82.7 cm³/mol. The molecule has 0 saturated carbocycles. The van der Waals surface area contributed by atoms with E-state index in [2.05, 4.69) is 15.9 Å². The highest BCUT2D eigenvalue weighted by molar-refractivity contribution is 9.10. The van der Waals surface area contributed by atoms with Crippen molar-refractivity contribution in [1.29, 1.82) is 0 Å². The quantitative estimate of drug-likeness (QED) is 0.578. The van der Waals surface area contributed by atoms with Crippen LogP contribution in [-0.4, -0.2) is 11.7 Å². The Morgan fingerprint density at radius 2 is 2.00 bits per heavy atom. The molecule has 2 aromatic rings. The van der Waals surface area contributed by atoms with Gasteiger partial charge in [-0.1, -0.05) is 27.5 Å². The first-order valence-electron chi connectivity index (χ1n) is 6.19. The van der Waals surface area contributed by atoms with E-state index in [0.717, 1.165) is 10.0 Å². The Balaban J connectivity index is 1.77. The van der Waals surface area contributed by atoms with Gasteiger partial charge in [-0.25, -0.2) is 0 Å². The van der Waals surface area contributed by atoms with Gasteiger partial charge in [-0.05, 0) is 18.2 Å². The molecule has 22 heavy (non-hydrogen) atoms. The number of halogens is 2. The molecule has 0 spiro atoms. The van der Waals surface area contributed by atoms with Gasteiger partial charge < -0.3 is 14.2 Å². The Morgan fingerprint density at radius 3 is 2.68 bits per heavy atom. The molecule has 1 aliphatic rings. The Bertz CT molecular complexity index is 752. The van der Waals surface area contributed by atoms with Crippen molar-refractivity contribution in [3.05, 3.63) is 55.5 Å². The molecule has 8 heteroatoms. The Hall–Kier alpha value is -1.99. The molecule has 0 aliphatic carbocycles. The van der Waals surface area contributed by atoms with E-state index >= 15 is 0 Å². The highest BCUT2D eigenvalue weighted by atomic mass is 79.9. The molecule has 0 amide bonds. The highest BCUT2D eigenvalue weighted by Gasteiger charge is 2.17. The number of non-ortho nitro benzene ring substituents is 1. The van der Waals surface area contributed by atoms with Crippen molar-refractivity contribution in [3.63, 3.8) is 0 Å². The number of hydrogen-bond donors (Lipinski definition) is 0. The van der Waals surface area contributed by atoms with E-state index < -0.39 is 4.92 Å². The lowest BCUT2D eigenvalue weighted by Crippen LogP contribution is -1.98. The van der Waals surface area contributed by atoms with Gasteiger partial charge in [0.15, 0.2) is 11.5 Å². The van der Waals surface area contributed by atoms with Crippen molar-refractivity contribution in [2.75, 3.05) is 6.79 Å². The van der Waals surface area contributed by atoms with E-state index in [4.69, 9.17) is 25.8 Å². The van der Waals surface area contributed by atoms with Crippen molar-refractivity contribution >= 4 is 33.2 Å². The van der Waals surface area contributed by atoms with Gasteiger partial charge in [-0.2, -0.15) is 0 Å². The molecule has 2 aromatic carbocycles. The van der Waals surface area contributed by atoms with Gasteiger partial charge >= 0.3 is 0 Å². The fourth-order valence-electron chi connectivity index (χ4n) is 1.95. The standard InChI is InChI=1S/C14H9BrClNO5/c15-10-5-14-13(21-7-22-14)3-8(10)6-20-12-2-1-9(17(18)19)4-11(12)16/h1-5H,6-7H2. The van der Waals surface area contributed by atoms with Crippen LogP contribution in [-0.2, 0) is 6.61 Å². The van der Waals surface area contributed by atoms with Crippen LogP contribution in [0, 0.1) is 10.1 Å². The zero-order chi connectivity index (χ0) is 15.7. The van der Waals surface area contributed by atoms with Crippen LogP contribution in [0.4, 0.5) is 5.69 Å². The molecule has 0 aromatic heterocycles. The van der Waals surface area contributed by atoms with Crippen LogP contribution in [0.2, 0.25) is 5.02 Å². The lowest BCUT2D eigenvalue weighted by atomic mass is 10.2. The Kier molecular flexibility index (Phi) is 4.08. The van der Waals surface area contributed by atoms with E-state index in [1.54, 1.807) is 6.07 Å². The van der Waals surface area contributed by atoms with Gasteiger partial charge in [-0.3, -0.25) is 10.1 Å². The number of nitro benzene ring substituents is 1. The van der Waals surface area contributed by atoms with E-state index in [1.807, 2.05) is 6.07 Å². The maximum Gasteiger partial charge on any atom is 0.271 e. The summed E-state index contributed by atoms with van der Waals surface area (Å²) in [5.41, 5.74) is 0.764. The van der Waals surface area contributed by atoms with Crippen molar-refractivity contribution in [2.24, 2.45) is 0 Å². The average Bonchev–Trinajstić information content (AvgIpc) is 2.92. The first-order valence-corrected chi connectivity index (χ1v) is 7.36. The third-order valence-electron chi connectivity index (χ3n) is 3.05. The number of fused-ring (bicyclic) bond motifs is 1. The van der Waals surface area contributed by atoms with Crippen LogP contribution in [0.5, 0.6) is 17.2 Å². The molecule has 6 nitrogen and oxygen atoms in total. The molecule has 3 rings (SSSR count). The Labute approximate surface area is 138 Å². The molecule has 0 atom stereocenters. The largest absolute Gasteiger partial charge is 0.487 e. The van der Waals surface area contributed by atoms with Crippen LogP contribution >= 0.6 is 27.5 Å². The number of nitro groups is 1. The van der Waals surface area contributed by atoms with Gasteiger partial charge in [0.05, 0.1) is 9.95 Å². The summed E-state index contributed by atoms with van der Waals surface area (Å²) in [6.07, 6.45) is 0. The van der Waals surface area contributed by atoms with Crippen LogP contribution in [0.25, 0.3) is 0 Å². The third-order valence-corrected chi connectivity index (χ3v) is 4.08. The van der Waals surface area contributed by atoms with Gasteiger partial charge in [0.25, 0.3) is 5.69 Å². The average molecular weight is 387 g/mol. The smallest absolute Gasteiger partial charge is 0.271 e. The number of ether oxygens (including phenoxy) is 3. The summed E-state index contributed by atoms with van der Waals surface area (Å²) in [4.78, 5) is 10.2. The fraction of sp³-hybridized carbons (Fsp3) is 0.143. The van der Waals surface area contributed by atoms with Crippen molar-refractivity contribution in [2.45, 2.75) is 6.61 Å². The van der Waals surface area contributed by atoms with Crippen LogP contribution < -0.4 is 14.2 Å². The second kappa shape index (κ2) is 6.02. The summed E-state index contributed by atoms with van der Waals surface area (Å²) in [6, 6.07) is 7.69. The zero-order valence-corrected chi connectivity index (χ0v) is 13.4. The minimum Gasteiger partial charge on any atom is -0.487 e. The van der Waals surface area contributed by atoms with E-state index in [-0.39, 0.29) is 24.1 Å². The minimum absolute atomic E-state index is 0.0818. The molecule has 1 aliphatic heterocycles. The highest BCUT2D eigenvalue weighted by Crippen LogP contribution is 2.37. The monoisotopic (exact) mass is 385 g/mol. The molecule has 0 radical (unpaired) electrons. The van der Waals surface area contributed by atoms with Gasteiger partial charge in [0.2, 0.25) is 6.79 Å². The summed E-state index contributed by atoms with van der Waals surface area (Å²) in [5.74, 6) is 1.69. The number of hydrogen-bond acceptors (Lipinski definition) is 5. The molecular formula is C14H9BrClNO5. The lowest BCUT2D eigenvalue weighted by molar-refractivity contribution is -0.384. The first-order chi connectivity index (χ1) is 10.5. The normalized spacial score (nSPS) is 12.3. The maximum atomic E-state index is 10.7. The SMILES string of the molecule is O=[N+]([O-])c1ccc(OCc2cc3c(cc2Br)OCO3)c(Cl)c1. The second-order valence-electron chi connectivity index (χ2n) is 4.46. The fourth-order valence-corrected chi connectivity index (χ4v) is 2.61. The van der Waals surface area contributed by atoms with Gasteiger partial charge in [-0.15, -0.1) is 0 Å². The first kappa shape index (κ1) is 14.9. The zero-order valence-electron chi connectivity index (χ0n) is 11.0. The summed E-state index contributed by atoms with van der Waals surface area (Å²) in [5, 5.41) is 10.9. The minimum atomic E-state index is -0.510. The summed E-state index contributed by atoms with van der Waals surface area (Å²) < 4.78 is 17.0. The molecule has 0 unspecified atom stereocenters. The number of benzene rings is 2. The third kappa shape index (κ3) is 2.95. The van der Waals surface area contributed by atoms with Gasteiger partial charge in [0, 0.05) is 22.2 Å². The Morgan fingerprint density at radius 1 is 1.27 bits per heavy atom. The van der Waals surface area contributed by atoms with Crippen molar-refractivity contribution in [3.8, 4) is 17.2 Å². The molecule has 114 valence electrons. The van der Waals surface area contributed by atoms with Gasteiger partial charge in [0.1, 0.15) is 12.4 Å². The topological polar surface area (TPSA) is 70.8 Å². The van der Waals surface area contributed by atoms with Crippen LogP contribution in [0.1, 0.15) is 5.56 Å². The summed E-state index contributed by atoms with van der Waals surface area (Å²) >= 11 is 9.42. The number of rotatable bonds is 4. The molecule has 0 saturated heterocycles. The molecule has 0 N–H and O–H groups in total. The lowest BCUT2D eigenvalue weighted by Gasteiger charge is -2.10. The molecular weight excluding hydrogens is 378 g/mol. The van der Waals surface area contributed by atoms with E-state index in [1.165, 1.54) is 18.2 Å². The molecule has 0 fully saturated rings. The number of nitrogens with zero attached hydrogens (tertiary/aromatic N) is 1. The predicted octanol–water partition coefficient (Wildman–Crippen LogP) is 4.32. The summed E-state index contributed by atoms with van der Waals surface area (Å²) in [6.45, 7) is 0.426. The second-order valence-corrected chi connectivity index (χ2v) is 5.72. The molecule has 0 bridgehead atoms. The van der Waals surface area contributed by atoms with E-state index in [0.29, 0.717) is 17.2 Å².